The zero-order valence-electron chi connectivity index (χ0n) is 10.5. The van der Waals surface area contributed by atoms with E-state index in [1.807, 2.05) is 6.07 Å². The van der Waals surface area contributed by atoms with E-state index in [1.165, 1.54) is 0 Å². The molecule has 0 bridgehead atoms. The Hall–Kier alpha value is -1.20. The molecule has 5 heteroatoms. The van der Waals surface area contributed by atoms with Crippen LogP contribution in [0.15, 0.2) is 12.4 Å². The van der Waals surface area contributed by atoms with Gasteiger partial charge < -0.3 is 15.2 Å². The van der Waals surface area contributed by atoms with Gasteiger partial charge in [0.25, 0.3) is 0 Å². The summed E-state index contributed by atoms with van der Waals surface area (Å²) in [5, 5.41) is 12.4. The van der Waals surface area contributed by atoms with Gasteiger partial charge in [0.15, 0.2) is 0 Å². The van der Waals surface area contributed by atoms with Gasteiger partial charge in [-0.25, -0.2) is 9.97 Å². The van der Waals surface area contributed by atoms with Crippen LogP contribution in [0.5, 0.6) is 0 Å². The van der Waals surface area contributed by atoms with Crippen molar-refractivity contribution >= 4 is 5.82 Å². The topological polar surface area (TPSA) is 67.3 Å². The number of aliphatic hydroxyl groups is 1. The van der Waals surface area contributed by atoms with Crippen molar-refractivity contribution in [3.05, 3.63) is 18.1 Å². The van der Waals surface area contributed by atoms with Gasteiger partial charge in [0.1, 0.15) is 12.1 Å². The average Bonchev–Trinajstić information content (AvgIpc) is 2.35. The van der Waals surface area contributed by atoms with E-state index >= 15 is 0 Å². The number of nitrogens with one attached hydrogen (secondary N) is 1. The van der Waals surface area contributed by atoms with Crippen LogP contribution in [0.25, 0.3) is 0 Å². The first-order valence-corrected chi connectivity index (χ1v) is 5.97. The number of rotatable bonds is 8. The molecule has 1 unspecified atom stereocenters. The fraction of sp³-hybridized carbons (Fsp3) is 0.667. The zero-order valence-corrected chi connectivity index (χ0v) is 10.5. The van der Waals surface area contributed by atoms with E-state index in [2.05, 4.69) is 22.2 Å². The lowest BCUT2D eigenvalue weighted by atomic mass is 10.2. The number of aliphatic hydroxyl groups excluding tert-OH is 1. The molecule has 0 fully saturated rings. The highest BCUT2D eigenvalue weighted by Gasteiger charge is 2.08. The highest BCUT2D eigenvalue weighted by Crippen LogP contribution is 2.08. The molecule has 0 aliphatic heterocycles. The molecule has 0 saturated carbocycles. The molecule has 0 aliphatic carbocycles. The van der Waals surface area contributed by atoms with E-state index in [9.17, 15) is 5.11 Å². The lowest BCUT2D eigenvalue weighted by molar-refractivity contribution is 0.174. The summed E-state index contributed by atoms with van der Waals surface area (Å²) in [6.45, 7) is 2.80. The minimum Gasteiger partial charge on any atom is -0.394 e. The summed E-state index contributed by atoms with van der Waals surface area (Å²) >= 11 is 0. The zero-order chi connectivity index (χ0) is 12.5. The second-order valence-corrected chi connectivity index (χ2v) is 3.95. The van der Waals surface area contributed by atoms with Crippen molar-refractivity contribution in [3.8, 4) is 0 Å². The number of nitrogens with zero attached hydrogens (tertiary/aromatic N) is 2. The molecule has 1 heterocycles. The second kappa shape index (κ2) is 7.97. The molecule has 2 N–H and O–H groups in total. The summed E-state index contributed by atoms with van der Waals surface area (Å²) < 4.78 is 4.99. The number of aromatic nitrogens is 2. The van der Waals surface area contributed by atoms with Crippen LogP contribution in [0.3, 0.4) is 0 Å². The molecular weight excluding hydrogens is 218 g/mol. The van der Waals surface area contributed by atoms with Gasteiger partial charge in [0, 0.05) is 25.5 Å². The summed E-state index contributed by atoms with van der Waals surface area (Å²) in [4.78, 5) is 8.33. The second-order valence-electron chi connectivity index (χ2n) is 3.95. The smallest absolute Gasteiger partial charge is 0.129 e. The number of anilines is 1. The van der Waals surface area contributed by atoms with Crippen LogP contribution < -0.4 is 5.32 Å². The number of methoxy groups -OCH3 is 1. The minimum absolute atomic E-state index is 0.0284. The molecule has 5 nitrogen and oxygen atoms in total. The van der Waals surface area contributed by atoms with Crippen LogP contribution in [-0.4, -0.2) is 41.4 Å². The lowest BCUT2D eigenvalue weighted by Crippen LogP contribution is -2.26. The Morgan fingerprint density at radius 1 is 1.47 bits per heavy atom. The van der Waals surface area contributed by atoms with Gasteiger partial charge in [-0.2, -0.15) is 0 Å². The quantitative estimate of drug-likeness (QED) is 0.714. The van der Waals surface area contributed by atoms with Gasteiger partial charge in [-0.1, -0.05) is 13.3 Å². The van der Waals surface area contributed by atoms with Crippen LogP contribution in [0.4, 0.5) is 5.82 Å². The fourth-order valence-electron chi connectivity index (χ4n) is 1.55. The van der Waals surface area contributed by atoms with Crippen molar-refractivity contribution < 1.29 is 9.84 Å². The summed E-state index contributed by atoms with van der Waals surface area (Å²) in [7, 11) is 1.65. The monoisotopic (exact) mass is 239 g/mol. The Kier molecular flexibility index (Phi) is 6.50. The minimum atomic E-state index is -0.0284. The molecule has 0 spiro atoms. The first kappa shape index (κ1) is 13.9. The number of aryl methyl sites for hydroxylation is 1. The predicted octanol–water partition coefficient (Wildman–Crippen LogP) is 1.24. The van der Waals surface area contributed by atoms with Gasteiger partial charge in [-0.05, 0) is 12.8 Å². The van der Waals surface area contributed by atoms with Gasteiger partial charge in [-0.3, -0.25) is 0 Å². The molecule has 1 atom stereocenters. The van der Waals surface area contributed by atoms with E-state index < -0.39 is 0 Å². The van der Waals surface area contributed by atoms with Gasteiger partial charge in [-0.15, -0.1) is 0 Å². The van der Waals surface area contributed by atoms with Crippen LogP contribution in [0, 0.1) is 0 Å². The first-order valence-electron chi connectivity index (χ1n) is 5.97. The van der Waals surface area contributed by atoms with Crippen molar-refractivity contribution in [1.82, 2.24) is 9.97 Å². The predicted molar refractivity (Wildman–Crippen MR) is 67.0 cm³/mol. The molecule has 17 heavy (non-hydrogen) atoms. The molecule has 1 aromatic rings. The molecule has 96 valence electrons. The highest BCUT2D eigenvalue weighted by molar-refractivity contribution is 5.36. The largest absolute Gasteiger partial charge is 0.394 e. The summed E-state index contributed by atoms with van der Waals surface area (Å²) in [5.74, 6) is 0.763. The summed E-state index contributed by atoms with van der Waals surface area (Å²) in [5.41, 5.74) is 1.02. The van der Waals surface area contributed by atoms with Crippen LogP contribution in [0.1, 0.15) is 25.5 Å². The van der Waals surface area contributed by atoms with E-state index in [-0.39, 0.29) is 12.6 Å². The maximum atomic E-state index is 9.23. The van der Waals surface area contributed by atoms with E-state index in [4.69, 9.17) is 4.74 Å². The van der Waals surface area contributed by atoms with E-state index in [0.717, 1.165) is 30.8 Å². The molecule has 0 saturated heterocycles. The normalized spacial score (nSPS) is 12.4. The SMILES string of the molecule is CCCc1cc(NC(CO)CCOC)ncn1. The molecule has 1 rings (SSSR count). The standard InChI is InChI=1S/C12H21N3O2/c1-3-4-10-7-12(14-9-13-10)15-11(8-16)5-6-17-2/h7,9,11,16H,3-6,8H2,1-2H3,(H,13,14,15). The first-order chi connectivity index (χ1) is 8.30. The highest BCUT2D eigenvalue weighted by atomic mass is 16.5. The Morgan fingerprint density at radius 2 is 2.29 bits per heavy atom. The van der Waals surface area contributed by atoms with Crippen molar-refractivity contribution in [1.29, 1.82) is 0 Å². The third kappa shape index (κ3) is 5.10. The van der Waals surface area contributed by atoms with E-state index in [0.29, 0.717) is 6.61 Å². The molecular formula is C12H21N3O2. The van der Waals surface area contributed by atoms with Crippen molar-refractivity contribution in [2.45, 2.75) is 32.2 Å². The Bertz CT molecular complexity index is 320. The maximum absolute atomic E-state index is 9.23. The Morgan fingerprint density at radius 3 is 2.94 bits per heavy atom. The lowest BCUT2D eigenvalue weighted by Gasteiger charge is -2.16. The summed E-state index contributed by atoms with van der Waals surface area (Å²) in [6, 6.07) is 1.90. The van der Waals surface area contributed by atoms with Crippen LogP contribution in [-0.2, 0) is 11.2 Å². The Labute approximate surface area is 102 Å². The molecule has 0 amide bonds. The van der Waals surface area contributed by atoms with Crippen LogP contribution in [0.2, 0.25) is 0 Å². The van der Waals surface area contributed by atoms with Crippen molar-refractivity contribution in [2.24, 2.45) is 0 Å². The van der Waals surface area contributed by atoms with Crippen LogP contribution >= 0.6 is 0 Å². The van der Waals surface area contributed by atoms with Gasteiger partial charge in [0.2, 0.25) is 0 Å². The third-order valence-corrected chi connectivity index (χ3v) is 2.47. The third-order valence-electron chi connectivity index (χ3n) is 2.47. The maximum Gasteiger partial charge on any atom is 0.129 e. The van der Waals surface area contributed by atoms with Crippen molar-refractivity contribution in [2.75, 3.05) is 25.6 Å². The number of ether oxygens (including phenoxy) is 1. The van der Waals surface area contributed by atoms with Gasteiger partial charge >= 0.3 is 0 Å². The van der Waals surface area contributed by atoms with E-state index in [1.54, 1.807) is 13.4 Å². The van der Waals surface area contributed by atoms with Crippen molar-refractivity contribution in [3.63, 3.8) is 0 Å². The Balaban J connectivity index is 2.55. The molecule has 0 radical (unpaired) electrons. The number of hydrogen-bond acceptors (Lipinski definition) is 5. The van der Waals surface area contributed by atoms with Gasteiger partial charge in [0.05, 0.1) is 12.6 Å². The average molecular weight is 239 g/mol. The summed E-state index contributed by atoms with van der Waals surface area (Å²) in [6.07, 6.45) is 4.31. The molecule has 0 aromatic carbocycles. The fourth-order valence-corrected chi connectivity index (χ4v) is 1.55. The molecule has 0 aliphatic rings. The molecule has 1 aromatic heterocycles. The number of hydrogen-bond donors (Lipinski definition) is 2.